The molecule has 1 aromatic carbocycles. The van der Waals surface area contributed by atoms with Gasteiger partial charge in [-0.3, -0.25) is 9.69 Å². The Kier molecular flexibility index (Phi) is 4.76. The van der Waals surface area contributed by atoms with Crippen LogP contribution in [0.5, 0.6) is 5.75 Å². The first-order valence-electron chi connectivity index (χ1n) is 10.2. The van der Waals surface area contributed by atoms with Gasteiger partial charge in [0.25, 0.3) is 5.91 Å². The molecule has 1 N–H and O–H groups in total. The third-order valence-electron chi connectivity index (χ3n) is 6.82. The molecule has 0 aromatic heterocycles. The third-order valence-corrected chi connectivity index (χ3v) is 6.82. The summed E-state index contributed by atoms with van der Waals surface area (Å²) in [6.45, 7) is 10.2. The normalized spacial score (nSPS) is 28.9. The Morgan fingerprint density at radius 3 is 2.39 bits per heavy atom. The van der Waals surface area contributed by atoms with Crippen molar-refractivity contribution in [3.8, 4) is 5.75 Å². The largest absolute Gasteiger partial charge is 0.495 e. The standard InChI is InChI=1S/C21H30BNO5/c1-13-10-18-14(11-15(13)22-27-20(2,3)21(4,5)28-22)19(25)23(12-26-18)16-8-6-7-9-17(16)24/h10-11,16-17,24H,6-9,12H2,1-5H3/t16-,17-/m1/s1. The van der Waals surface area contributed by atoms with Crippen LogP contribution < -0.4 is 10.2 Å². The van der Waals surface area contributed by atoms with Gasteiger partial charge in [-0.25, -0.2) is 0 Å². The van der Waals surface area contributed by atoms with E-state index < -0.39 is 24.4 Å². The molecule has 0 spiro atoms. The average Bonchev–Trinajstić information content (AvgIpc) is 2.83. The maximum absolute atomic E-state index is 13.2. The molecule has 1 amide bonds. The minimum atomic E-state index is -0.529. The summed E-state index contributed by atoms with van der Waals surface area (Å²) in [7, 11) is -0.529. The van der Waals surface area contributed by atoms with Crippen LogP contribution in [0.2, 0.25) is 0 Å². The molecule has 6 nitrogen and oxygen atoms in total. The topological polar surface area (TPSA) is 68.2 Å². The van der Waals surface area contributed by atoms with Gasteiger partial charge < -0.3 is 19.2 Å². The van der Waals surface area contributed by atoms with Crippen molar-refractivity contribution in [2.24, 2.45) is 0 Å². The zero-order valence-electron chi connectivity index (χ0n) is 17.4. The van der Waals surface area contributed by atoms with Gasteiger partial charge in [0.05, 0.1) is 28.9 Å². The highest BCUT2D eigenvalue weighted by molar-refractivity contribution is 6.62. The van der Waals surface area contributed by atoms with E-state index in [1.54, 1.807) is 4.90 Å². The molecule has 3 aliphatic rings. The number of hydrogen-bond acceptors (Lipinski definition) is 5. The quantitative estimate of drug-likeness (QED) is 0.790. The van der Waals surface area contributed by atoms with E-state index in [0.717, 1.165) is 36.7 Å². The summed E-state index contributed by atoms with van der Waals surface area (Å²) < 4.78 is 18.3. The van der Waals surface area contributed by atoms with Crippen LogP contribution in [-0.2, 0) is 9.31 Å². The number of fused-ring (bicyclic) bond motifs is 1. The van der Waals surface area contributed by atoms with Crippen LogP contribution in [0.25, 0.3) is 0 Å². The zero-order valence-corrected chi connectivity index (χ0v) is 17.4. The molecule has 1 saturated heterocycles. The van der Waals surface area contributed by atoms with Gasteiger partial charge in [0, 0.05) is 0 Å². The van der Waals surface area contributed by atoms with E-state index in [4.69, 9.17) is 14.0 Å². The zero-order chi connectivity index (χ0) is 20.3. The Balaban J connectivity index is 1.65. The highest BCUT2D eigenvalue weighted by Gasteiger charge is 2.52. The van der Waals surface area contributed by atoms with E-state index in [1.807, 2.05) is 46.8 Å². The summed E-state index contributed by atoms with van der Waals surface area (Å²) in [4.78, 5) is 14.9. The van der Waals surface area contributed by atoms with Crippen molar-refractivity contribution in [3.05, 3.63) is 23.3 Å². The van der Waals surface area contributed by atoms with E-state index in [9.17, 15) is 9.90 Å². The number of rotatable bonds is 2. The van der Waals surface area contributed by atoms with Gasteiger partial charge in [-0.2, -0.15) is 0 Å². The Hall–Kier alpha value is -1.57. The SMILES string of the molecule is Cc1cc2c(cc1B1OC(C)(C)C(C)(C)O1)C(=O)N([C@@H]1CCCC[C@H]1O)CO2. The fourth-order valence-electron chi connectivity index (χ4n) is 4.26. The highest BCUT2D eigenvalue weighted by atomic mass is 16.7. The van der Waals surface area contributed by atoms with Crippen molar-refractivity contribution >= 4 is 18.5 Å². The van der Waals surface area contributed by atoms with Crippen molar-refractivity contribution in [1.29, 1.82) is 0 Å². The molecular weight excluding hydrogens is 357 g/mol. The summed E-state index contributed by atoms with van der Waals surface area (Å²) in [5, 5.41) is 10.4. The molecule has 1 aliphatic carbocycles. The number of amides is 1. The van der Waals surface area contributed by atoms with Gasteiger partial charge in [0.15, 0.2) is 6.73 Å². The molecule has 0 unspecified atom stereocenters. The van der Waals surface area contributed by atoms with Crippen LogP contribution in [0, 0.1) is 6.92 Å². The molecule has 2 fully saturated rings. The van der Waals surface area contributed by atoms with Gasteiger partial charge in [-0.1, -0.05) is 12.8 Å². The van der Waals surface area contributed by atoms with Crippen molar-refractivity contribution in [2.45, 2.75) is 83.6 Å². The number of aliphatic hydroxyl groups is 1. The second-order valence-corrected chi connectivity index (χ2v) is 9.26. The Morgan fingerprint density at radius 2 is 1.75 bits per heavy atom. The van der Waals surface area contributed by atoms with Crippen molar-refractivity contribution in [2.75, 3.05) is 6.73 Å². The van der Waals surface area contributed by atoms with E-state index >= 15 is 0 Å². The summed E-state index contributed by atoms with van der Waals surface area (Å²) in [6.07, 6.45) is 3.07. The molecule has 2 aliphatic heterocycles. The smallest absolute Gasteiger partial charge is 0.472 e. The van der Waals surface area contributed by atoms with Gasteiger partial charge in [0.2, 0.25) is 0 Å². The summed E-state index contributed by atoms with van der Waals surface area (Å²) in [5.74, 6) is 0.495. The lowest BCUT2D eigenvalue weighted by Crippen LogP contribution is -2.52. The van der Waals surface area contributed by atoms with Crippen LogP contribution in [0.3, 0.4) is 0 Å². The van der Waals surface area contributed by atoms with Crippen LogP contribution in [-0.4, -0.2) is 53.1 Å². The highest BCUT2D eigenvalue weighted by Crippen LogP contribution is 2.38. The van der Waals surface area contributed by atoms with Crippen LogP contribution in [0.4, 0.5) is 0 Å². The van der Waals surface area contributed by atoms with Gasteiger partial charge >= 0.3 is 7.12 Å². The monoisotopic (exact) mass is 387 g/mol. The molecule has 1 aromatic rings. The minimum absolute atomic E-state index is 0.0926. The molecule has 0 radical (unpaired) electrons. The van der Waals surface area contributed by atoms with E-state index in [1.165, 1.54) is 0 Å². The Labute approximate surface area is 167 Å². The van der Waals surface area contributed by atoms with E-state index in [2.05, 4.69) is 0 Å². The molecule has 28 heavy (non-hydrogen) atoms. The first kappa shape index (κ1) is 19.7. The molecule has 1 saturated carbocycles. The van der Waals surface area contributed by atoms with Gasteiger partial charge in [0.1, 0.15) is 5.75 Å². The maximum atomic E-state index is 13.2. The fourth-order valence-corrected chi connectivity index (χ4v) is 4.26. The lowest BCUT2D eigenvalue weighted by Gasteiger charge is -2.39. The predicted octanol–water partition coefficient (Wildman–Crippen LogP) is 2.39. The fraction of sp³-hybridized carbons (Fsp3) is 0.667. The summed E-state index contributed by atoms with van der Waals surface area (Å²) in [5.41, 5.74) is 1.44. The van der Waals surface area contributed by atoms with Gasteiger partial charge in [-0.05, 0) is 70.6 Å². The number of benzene rings is 1. The molecule has 2 heterocycles. The number of aryl methyl sites for hydroxylation is 1. The number of carbonyl (C=O) groups is 1. The third kappa shape index (κ3) is 3.13. The first-order chi connectivity index (χ1) is 13.1. The maximum Gasteiger partial charge on any atom is 0.495 e. The van der Waals surface area contributed by atoms with E-state index in [0.29, 0.717) is 11.3 Å². The number of hydrogen-bond donors (Lipinski definition) is 1. The van der Waals surface area contributed by atoms with Crippen LogP contribution >= 0.6 is 0 Å². The Morgan fingerprint density at radius 1 is 1.11 bits per heavy atom. The second-order valence-electron chi connectivity index (χ2n) is 9.26. The average molecular weight is 387 g/mol. The van der Waals surface area contributed by atoms with Crippen molar-refractivity contribution in [3.63, 3.8) is 0 Å². The molecule has 2 atom stereocenters. The summed E-state index contributed by atoms with van der Waals surface area (Å²) >= 11 is 0. The molecule has 7 heteroatoms. The molecule has 152 valence electrons. The number of aliphatic hydroxyl groups excluding tert-OH is 1. The second kappa shape index (κ2) is 6.75. The van der Waals surface area contributed by atoms with Gasteiger partial charge in [-0.15, -0.1) is 0 Å². The lowest BCUT2D eigenvalue weighted by molar-refractivity contribution is -0.0124. The van der Waals surface area contributed by atoms with Crippen LogP contribution in [0.15, 0.2) is 12.1 Å². The predicted molar refractivity (Wildman–Crippen MR) is 107 cm³/mol. The molecule has 0 bridgehead atoms. The van der Waals surface area contributed by atoms with E-state index in [-0.39, 0.29) is 18.7 Å². The minimum Gasteiger partial charge on any atom is -0.472 e. The van der Waals surface area contributed by atoms with Crippen LogP contribution in [0.1, 0.15) is 69.3 Å². The van der Waals surface area contributed by atoms with Crippen molar-refractivity contribution in [1.82, 2.24) is 4.90 Å². The Bertz CT molecular complexity index is 777. The molecule has 4 rings (SSSR count). The number of ether oxygens (including phenoxy) is 1. The number of nitrogens with zero attached hydrogens (tertiary/aromatic N) is 1. The lowest BCUT2D eigenvalue weighted by atomic mass is 9.75. The summed E-state index contributed by atoms with van der Waals surface area (Å²) in [6, 6.07) is 3.55. The molecular formula is C21H30BNO5. The number of carbonyl (C=O) groups excluding carboxylic acids is 1. The first-order valence-corrected chi connectivity index (χ1v) is 10.2. The van der Waals surface area contributed by atoms with Crippen molar-refractivity contribution < 1.29 is 23.9 Å².